The molecule has 1 aromatic carbocycles. The van der Waals surface area contributed by atoms with Crippen molar-refractivity contribution in [1.82, 2.24) is 0 Å². The second-order valence-corrected chi connectivity index (χ2v) is 2.86. The molecule has 0 heterocycles. The van der Waals surface area contributed by atoms with Crippen molar-refractivity contribution in [2.75, 3.05) is 11.9 Å². The van der Waals surface area contributed by atoms with Gasteiger partial charge in [-0.15, -0.1) is 0 Å². The fourth-order valence-electron chi connectivity index (χ4n) is 1.12. The van der Waals surface area contributed by atoms with Crippen molar-refractivity contribution < 1.29 is 13.5 Å². The van der Waals surface area contributed by atoms with Crippen LogP contribution in [0.4, 0.5) is 14.5 Å². The van der Waals surface area contributed by atoms with Gasteiger partial charge in [-0.25, -0.2) is 0 Å². The third-order valence-electron chi connectivity index (χ3n) is 1.69. The molecule has 16 heavy (non-hydrogen) atoms. The van der Waals surface area contributed by atoms with Gasteiger partial charge in [0.15, 0.2) is 5.96 Å². The number of benzene rings is 1. The topological polar surface area (TPSA) is 59.6 Å². The molecule has 0 aliphatic rings. The van der Waals surface area contributed by atoms with Crippen LogP contribution in [0.5, 0.6) is 5.75 Å². The molecule has 0 aliphatic carbocycles. The van der Waals surface area contributed by atoms with Crippen LogP contribution in [0.1, 0.15) is 6.92 Å². The maximum absolute atomic E-state index is 12.1. The first-order valence-corrected chi connectivity index (χ1v) is 4.74. The van der Waals surface area contributed by atoms with E-state index in [-0.39, 0.29) is 11.7 Å². The lowest BCUT2D eigenvalue weighted by molar-refractivity contribution is -0.0493. The van der Waals surface area contributed by atoms with Crippen molar-refractivity contribution in [2.45, 2.75) is 13.5 Å². The Kier molecular flexibility index (Phi) is 4.50. The molecule has 0 unspecified atom stereocenters. The van der Waals surface area contributed by atoms with Crippen LogP contribution >= 0.6 is 0 Å². The third-order valence-corrected chi connectivity index (χ3v) is 1.69. The van der Waals surface area contributed by atoms with Crippen LogP contribution in [-0.2, 0) is 0 Å². The van der Waals surface area contributed by atoms with Crippen LogP contribution in [0.25, 0.3) is 0 Å². The fourth-order valence-corrected chi connectivity index (χ4v) is 1.12. The van der Waals surface area contributed by atoms with Crippen molar-refractivity contribution in [3.8, 4) is 5.75 Å². The highest BCUT2D eigenvalue weighted by Gasteiger charge is 2.09. The van der Waals surface area contributed by atoms with E-state index in [0.717, 1.165) is 0 Å². The standard InChI is InChI=1S/C10H13F2N3O/c1-2-14-10(13)15-7-5-3-4-6-8(7)16-9(11)12/h3-6,9H,2H2,1H3,(H3,13,14,15). The van der Waals surface area contributed by atoms with Gasteiger partial charge in [-0.1, -0.05) is 12.1 Å². The lowest BCUT2D eigenvalue weighted by Crippen LogP contribution is -2.23. The molecule has 1 rings (SSSR count). The summed E-state index contributed by atoms with van der Waals surface area (Å²) in [5, 5.41) is 2.69. The Morgan fingerprint density at radius 1 is 1.50 bits per heavy atom. The van der Waals surface area contributed by atoms with Crippen LogP contribution in [0.15, 0.2) is 29.3 Å². The molecular formula is C10H13F2N3O. The minimum atomic E-state index is -2.87. The van der Waals surface area contributed by atoms with E-state index in [1.807, 2.05) is 6.92 Å². The van der Waals surface area contributed by atoms with E-state index in [1.165, 1.54) is 6.07 Å². The van der Waals surface area contributed by atoms with Crippen LogP contribution in [0.2, 0.25) is 0 Å². The minimum absolute atomic E-state index is 0.0340. The molecule has 88 valence electrons. The van der Waals surface area contributed by atoms with E-state index in [1.54, 1.807) is 18.2 Å². The molecule has 0 fully saturated rings. The highest BCUT2D eigenvalue weighted by Crippen LogP contribution is 2.25. The average molecular weight is 229 g/mol. The number of alkyl halides is 2. The second-order valence-electron chi connectivity index (χ2n) is 2.86. The van der Waals surface area contributed by atoms with Crippen LogP contribution < -0.4 is 15.8 Å². The molecule has 0 aromatic heterocycles. The number of guanidine groups is 1. The number of nitrogens with one attached hydrogen (secondary N) is 1. The van der Waals surface area contributed by atoms with Gasteiger partial charge >= 0.3 is 6.61 Å². The number of nitrogens with two attached hydrogens (primary N) is 1. The number of aliphatic imine (C=N–C) groups is 1. The van der Waals surface area contributed by atoms with Crippen LogP contribution in [0, 0.1) is 0 Å². The van der Waals surface area contributed by atoms with E-state index < -0.39 is 6.61 Å². The minimum Gasteiger partial charge on any atom is -0.433 e. The van der Waals surface area contributed by atoms with Gasteiger partial charge < -0.3 is 15.8 Å². The van der Waals surface area contributed by atoms with E-state index in [2.05, 4.69) is 15.0 Å². The molecule has 0 bridgehead atoms. The highest BCUT2D eigenvalue weighted by molar-refractivity contribution is 5.93. The monoisotopic (exact) mass is 229 g/mol. The Labute approximate surface area is 92.1 Å². The number of rotatable bonds is 4. The first-order chi connectivity index (χ1) is 7.63. The summed E-state index contributed by atoms with van der Waals surface area (Å²) < 4.78 is 28.5. The van der Waals surface area contributed by atoms with E-state index >= 15 is 0 Å². The summed E-state index contributed by atoms with van der Waals surface area (Å²) in [5.41, 5.74) is 5.87. The summed E-state index contributed by atoms with van der Waals surface area (Å²) in [6, 6.07) is 6.28. The third kappa shape index (κ3) is 3.72. The lowest BCUT2D eigenvalue weighted by Gasteiger charge is -2.11. The Bertz CT molecular complexity index is 369. The molecule has 0 saturated carbocycles. The van der Waals surface area contributed by atoms with E-state index in [4.69, 9.17) is 5.73 Å². The molecule has 0 aliphatic heterocycles. The number of ether oxygens (including phenoxy) is 1. The maximum atomic E-state index is 12.1. The van der Waals surface area contributed by atoms with Crippen molar-refractivity contribution in [3.05, 3.63) is 24.3 Å². The van der Waals surface area contributed by atoms with Crippen molar-refractivity contribution in [1.29, 1.82) is 0 Å². The fraction of sp³-hybridized carbons (Fsp3) is 0.300. The molecule has 0 spiro atoms. The molecule has 4 nitrogen and oxygen atoms in total. The first kappa shape index (κ1) is 12.2. The zero-order valence-electron chi connectivity index (χ0n) is 8.78. The summed E-state index contributed by atoms with van der Waals surface area (Å²) in [7, 11) is 0. The summed E-state index contributed by atoms with van der Waals surface area (Å²) in [4.78, 5) is 3.88. The predicted octanol–water partition coefficient (Wildman–Crippen LogP) is 2.03. The average Bonchev–Trinajstić information content (AvgIpc) is 2.20. The first-order valence-electron chi connectivity index (χ1n) is 4.74. The van der Waals surface area contributed by atoms with Gasteiger partial charge in [-0.2, -0.15) is 8.78 Å². The molecule has 0 amide bonds. The molecule has 6 heteroatoms. The number of hydrogen-bond acceptors (Lipinski definition) is 2. The molecule has 0 radical (unpaired) electrons. The molecule has 0 atom stereocenters. The Hall–Kier alpha value is -1.85. The zero-order valence-corrected chi connectivity index (χ0v) is 8.78. The van der Waals surface area contributed by atoms with Crippen molar-refractivity contribution in [2.24, 2.45) is 10.7 Å². The molecule has 1 aromatic rings. The SMILES string of the molecule is CCN=C(N)Nc1ccccc1OC(F)F. The largest absolute Gasteiger partial charge is 0.433 e. The second kappa shape index (κ2) is 5.89. The number of halogens is 2. The van der Waals surface area contributed by atoms with Gasteiger partial charge in [0.25, 0.3) is 0 Å². The molecular weight excluding hydrogens is 216 g/mol. The molecule has 0 saturated heterocycles. The van der Waals surface area contributed by atoms with E-state index in [9.17, 15) is 8.78 Å². The lowest BCUT2D eigenvalue weighted by atomic mass is 10.3. The van der Waals surface area contributed by atoms with Gasteiger partial charge in [0.1, 0.15) is 5.75 Å². The van der Waals surface area contributed by atoms with Crippen molar-refractivity contribution in [3.63, 3.8) is 0 Å². The predicted molar refractivity (Wildman–Crippen MR) is 58.9 cm³/mol. The van der Waals surface area contributed by atoms with Gasteiger partial charge in [0.05, 0.1) is 5.69 Å². The number of anilines is 1. The van der Waals surface area contributed by atoms with Gasteiger partial charge in [-0.05, 0) is 19.1 Å². The maximum Gasteiger partial charge on any atom is 0.387 e. The summed E-state index contributed by atoms with van der Waals surface area (Å²) in [6.07, 6.45) is 0. The van der Waals surface area contributed by atoms with Gasteiger partial charge in [0.2, 0.25) is 0 Å². The molecule has 3 N–H and O–H groups in total. The smallest absolute Gasteiger partial charge is 0.387 e. The summed E-state index contributed by atoms with van der Waals surface area (Å²) in [5.74, 6) is 0.194. The zero-order chi connectivity index (χ0) is 12.0. The Balaban J connectivity index is 2.82. The van der Waals surface area contributed by atoms with Gasteiger partial charge in [0, 0.05) is 6.54 Å². The Morgan fingerprint density at radius 2 is 2.19 bits per heavy atom. The van der Waals surface area contributed by atoms with Crippen LogP contribution in [0.3, 0.4) is 0 Å². The van der Waals surface area contributed by atoms with Crippen molar-refractivity contribution >= 4 is 11.6 Å². The highest BCUT2D eigenvalue weighted by atomic mass is 19.3. The number of para-hydroxylation sites is 2. The number of nitrogens with zero attached hydrogens (tertiary/aromatic N) is 1. The summed E-state index contributed by atoms with van der Waals surface area (Å²) in [6.45, 7) is -0.542. The quantitative estimate of drug-likeness (QED) is 0.613. The number of hydrogen-bond donors (Lipinski definition) is 2. The Morgan fingerprint density at radius 3 is 2.81 bits per heavy atom. The summed E-state index contributed by atoms with van der Waals surface area (Å²) >= 11 is 0. The van der Waals surface area contributed by atoms with E-state index in [0.29, 0.717) is 12.2 Å². The normalized spacial score (nSPS) is 11.6. The van der Waals surface area contributed by atoms with Gasteiger partial charge in [-0.3, -0.25) is 4.99 Å². The van der Waals surface area contributed by atoms with Crippen LogP contribution in [-0.4, -0.2) is 19.1 Å².